The average Bonchev–Trinajstić information content (AvgIpc) is 2.03. The molecule has 0 fully saturated rings. The molecule has 1 aromatic carbocycles. The van der Waals surface area contributed by atoms with Gasteiger partial charge in [0.15, 0.2) is 0 Å². The van der Waals surface area contributed by atoms with Gasteiger partial charge in [-0.1, -0.05) is 0 Å². The molecule has 1 nitrogen and oxygen atoms in total. The molecule has 2 heteroatoms. The quantitative estimate of drug-likeness (QED) is 0.661. The second kappa shape index (κ2) is 4.40. The zero-order chi connectivity index (χ0) is 7.23. The van der Waals surface area contributed by atoms with Gasteiger partial charge in [-0.05, 0) is 0 Å². The first-order chi connectivity index (χ1) is 4.93. The topological polar surface area (TPSA) is 9.23 Å². The Morgan fingerprint density at radius 2 is 1.90 bits per heavy atom. The van der Waals surface area contributed by atoms with Gasteiger partial charge >= 0.3 is 69.5 Å². The van der Waals surface area contributed by atoms with Gasteiger partial charge in [0.2, 0.25) is 0 Å². The van der Waals surface area contributed by atoms with Gasteiger partial charge in [-0.15, -0.1) is 0 Å². The summed E-state index contributed by atoms with van der Waals surface area (Å²) >= 11 is 1.71. The van der Waals surface area contributed by atoms with E-state index in [0.717, 1.165) is 17.6 Å². The molecular formula is C8H11AsO. The Bertz CT molecular complexity index is 174. The maximum atomic E-state index is 5.37. The van der Waals surface area contributed by atoms with Crippen LogP contribution in [0.1, 0.15) is 0 Å². The summed E-state index contributed by atoms with van der Waals surface area (Å²) in [7, 11) is 0. The van der Waals surface area contributed by atoms with Crippen LogP contribution in [0.3, 0.4) is 0 Å². The zero-order valence-corrected chi connectivity index (χ0v) is 8.21. The number of hydrogen-bond donors (Lipinski definition) is 0. The van der Waals surface area contributed by atoms with Crippen LogP contribution in [0.5, 0.6) is 5.75 Å². The number of benzene rings is 1. The summed E-state index contributed by atoms with van der Waals surface area (Å²) in [6.45, 7) is 0.837. The van der Waals surface area contributed by atoms with Gasteiger partial charge in [-0.2, -0.15) is 0 Å². The van der Waals surface area contributed by atoms with E-state index in [-0.39, 0.29) is 0 Å². The monoisotopic (exact) mass is 198 g/mol. The summed E-state index contributed by atoms with van der Waals surface area (Å²) in [5.74, 6) is 0.972. The van der Waals surface area contributed by atoms with E-state index in [1.807, 2.05) is 30.3 Å². The van der Waals surface area contributed by atoms with E-state index in [1.54, 1.807) is 16.9 Å². The van der Waals surface area contributed by atoms with Crippen molar-refractivity contribution in [3.63, 3.8) is 0 Å². The third kappa shape index (κ3) is 2.45. The van der Waals surface area contributed by atoms with Crippen molar-refractivity contribution in [2.24, 2.45) is 0 Å². The number of rotatable bonds is 3. The molecule has 0 bridgehead atoms. The molecule has 10 heavy (non-hydrogen) atoms. The molecule has 0 N–H and O–H groups in total. The van der Waals surface area contributed by atoms with Crippen molar-refractivity contribution in [2.45, 2.75) is 5.21 Å². The fourth-order valence-corrected chi connectivity index (χ4v) is 0.941. The molecule has 0 amide bonds. The van der Waals surface area contributed by atoms with Crippen LogP contribution >= 0.6 is 0 Å². The molecule has 0 aliphatic heterocycles. The van der Waals surface area contributed by atoms with Crippen LogP contribution in [-0.2, 0) is 0 Å². The van der Waals surface area contributed by atoms with Gasteiger partial charge in [-0.3, -0.25) is 0 Å². The molecule has 0 saturated carbocycles. The van der Waals surface area contributed by atoms with E-state index >= 15 is 0 Å². The molecule has 0 heterocycles. The molecule has 1 atom stereocenters. The molecule has 1 unspecified atom stereocenters. The summed E-state index contributed by atoms with van der Waals surface area (Å²) in [5, 5.41) is 1.13. The minimum atomic E-state index is 0.837. The number of para-hydroxylation sites is 1. The first-order valence-electron chi connectivity index (χ1n) is 3.31. The van der Waals surface area contributed by atoms with E-state index in [2.05, 4.69) is 0 Å². The Morgan fingerprint density at radius 1 is 1.20 bits per heavy atom. The summed E-state index contributed by atoms with van der Waals surface area (Å²) < 4.78 is 5.37. The van der Waals surface area contributed by atoms with E-state index in [9.17, 15) is 0 Å². The Hall–Kier alpha value is -0.422. The molecule has 0 aromatic heterocycles. The fourth-order valence-electron chi connectivity index (χ4n) is 0.693. The molecule has 1 rings (SSSR count). The molecular weight excluding hydrogens is 187 g/mol. The molecule has 54 valence electrons. The summed E-state index contributed by atoms with van der Waals surface area (Å²) in [6, 6.07) is 9.90. The van der Waals surface area contributed by atoms with Crippen LogP contribution in [0.2, 0.25) is 5.21 Å². The van der Waals surface area contributed by atoms with Gasteiger partial charge in [0.1, 0.15) is 0 Å². The zero-order valence-electron chi connectivity index (χ0n) is 5.79. The van der Waals surface area contributed by atoms with E-state index in [0.29, 0.717) is 0 Å². The van der Waals surface area contributed by atoms with Crippen LogP contribution in [0.25, 0.3) is 0 Å². The van der Waals surface area contributed by atoms with Gasteiger partial charge in [0.05, 0.1) is 0 Å². The first-order valence-corrected chi connectivity index (χ1v) is 5.02. The maximum absolute atomic E-state index is 5.37. The predicted molar refractivity (Wildman–Crippen MR) is 45.3 cm³/mol. The van der Waals surface area contributed by atoms with Crippen molar-refractivity contribution in [3.8, 4) is 5.75 Å². The molecule has 0 saturated heterocycles. The Morgan fingerprint density at radius 3 is 2.50 bits per heavy atom. The van der Waals surface area contributed by atoms with E-state index in [1.165, 1.54) is 0 Å². The summed E-state index contributed by atoms with van der Waals surface area (Å²) in [4.78, 5) is 0. The van der Waals surface area contributed by atoms with E-state index in [4.69, 9.17) is 4.74 Å². The van der Waals surface area contributed by atoms with Gasteiger partial charge in [-0.25, -0.2) is 0 Å². The Kier molecular flexibility index (Phi) is 3.38. The van der Waals surface area contributed by atoms with Gasteiger partial charge in [0, 0.05) is 0 Å². The third-order valence-electron chi connectivity index (χ3n) is 1.13. The van der Waals surface area contributed by atoms with Crippen molar-refractivity contribution in [3.05, 3.63) is 30.3 Å². The third-order valence-corrected chi connectivity index (χ3v) is 1.62. The molecule has 0 radical (unpaired) electrons. The van der Waals surface area contributed by atoms with Crippen molar-refractivity contribution in [2.75, 3.05) is 6.61 Å². The Balaban J connectivity index is 2.43. The SMILES string of the molecule is [AsH2]CCOc1ccccc1. The fraction of sp³-hybridized carbons (Fsp3) is 0.250. The van der Waals surface area contributed by atoms with Crippen molar-refractivity contribution < 1.29 is 4.74 Å². The van der Waals surface area contributed by atoms with Crippen molar-refractivity contribution in [1.29, 1.82) is 0 Å². The first kappa shape index (κ1) is 7.68. The van der Waals surface area contributed by atoms with Crippen LogP contribution in [0, 0.1) is 0 Å². The molecule has 0 aliphatic rings. The summed E-state index contributed by atoms with van der Waals surface area (Å²) in [6.07, 6.45) is 0. The minimum absolute atomic E-state index is 0.837. The van der Waals surface area contributed by atoms with Crippen molar-refractivity contribution in [1.82, 2.24) is 0 Å². The molecule has 0 aliphatic carbocycles. The summed E-state index contributed by atoms with van der Waals surface area (Å²) in [5.41, 5.74) is 0. The van der Waals surface area contributed by atoms with E-state index < -0.39 is 0 Å². The predicted octanol–water partition coefficient (Wildman–Crippen LogP) is 1.12. The standard InChI is InChI=1S/C8H11AsO/c9-6-7-10-8-4-2-1-3-5-8/h1-5H,6-7,9H2. The number of hydrogen-bond acceptors (Lipinski definition) is 1. The van der Waals surface area contributed by atoms with Gasteiger partial charge in [0.25, 0.3) is 0 Å². The van der Waals surface area contributed by atoms with Crippen LogP contribution in [0.15, 0.2) is 30.3 Å². The second-order valence-corrected chi connectivity index (χ2v) is 3.16. The van der Waals surface area contributed by atoms with Gasteiger partial charge < -0.3 is 0 Å². The van der Waals surface area contributed by atoms with Crippen LogP contribution in [-0.4, -0.2) is 23.5 Å². The normalized spacial score (nSPS) is 9.30. The second-order valence-electron chi connectivity index (χ2n) is 1.95. The Labute approximate surface area is 69.9 Å². The van der Waals surface area contributed by atoms with Crippen LogP contribution < -0.4 is 4.74 Å². The van der Waals surface area contributed by atoms with Crippen molar-refractivity contribution >= 4 is 16.9 Å². The number of ether oxygens (including phenoxy) is 1. The molecule has 1 aromatic rings. The van der Waals surface area contributed by atoms with Crippen LogP contribution in [0.4, 0.5) is 0 Å². The average molecular weight is 198 g/mol. The molecule has 0 spiro atoms.